The molecule has 35 heavy (non-hydrogen) atoms. The highest BCUT2D eigenvalue weighted by atomic mass is 79.9. The fraction of sp³-hybridized carbons (Fsp3) is 0.429. The molecule has 1 fully saturated rings. The summed E-state index contributed by atoms with van der Waals surface area (Å²) in [5.74, 6) is -2.30. The molecule has 0 aliphatic carbocycles. The SMILES string of the molecule is CCCCN(CCCC)CCCN1C(=O)C(=O)C(=C(O)c2ccc(Br)cc2)[C@@H]1c1ccccc1F. The van der Waals surface area contributed by atoms with E-state index in [4.69, 9.17) is 0 Å². The van der Waals surface area contributed by atoms with Gasteiger partial charge in [0.2, 0.25) is 0 Å². The van der Waals surface area contributed by atoms with E-state index in [9.17, 15) is 19.1 Å². The molecule has 5 nitrogen and oxygen atoms in total. The Balaban J connectivity index is 1.92. The number of unbranched alkanes of at least 4 members (excludes halogenated alkanes) is 2. The molecule has 3 rings (SSSR count). The zero-order valence-electron chi connectivity index (χ0n) is 20.5. The largest absolute Gasteiger partial charge is 0.507 e. The third-order valence-electron chi connectivity index (χ3n) is 6.39. The van der Waals surface area contributed by atoms with Gasteiger partial charge in [-0.25, -0.2) is 4.39 Å². The van der Waals surface area contributed by atoms with E-state index < -0.39 is 23.5 Å². The highest BCUT2D eigenvalue weighted by Crippen LogP contribution is 2.40. The molecule has 1 amide bonds. The summed E-state index contributed by atoms with van der Waals surface area (Å²) in [5.41, 5.74) is 0.535. The van der Waals surface area contributed by atoms with Gasteiger partial charge in [-0.05, 0) is 57.1 Å². The number of Topliss-reactive ketones (excluding diaryl/α,β-unsaturated/α-hetero) is 1. The number of rotatable bonds is 12. The van der Waals surface area contributed by atoms with Gasteiger partial charge in [0.05, 0.1) is 11.6 Å². The van der Waals surface area contributed by atoms with Crippen LogP contribution in [0.25, 0.3) is 5.76 Å². The Labute approximate surface area is 215 Å². The lowest BCUT2D eigenvalue weighted by Gasteiger charge is -2.27. The van der Waals surface area contributed by atoms with Gasteiger partial charge >= 0.3 is 0 Å². The van der Waals surface area contributed by atoms with E-state index in [1.54, 1.807) is 42.5 Å². The van der Waals surface area contributed by atoms with Crippen LogP contribution in [0.5, 0.6) is 0 Å². The second-order valence-corrected chi connectivity index (χ2v) is 9.84. The fourth-order valence-electron chi connectivity index (χ4n) is 4.46. The first-order valence-corrected chi connectivity index (χ1v) is 13.2. The molecule has 0 unspecified atom stereocenters. The van der Waals surface area contributed by atoms with Crippen molar-refractivity contribution in [1.29, 1.82) is 0 Å². The first-order chi connectivity index (χ1) is 16.9. The molecule has 1 atom stereocenters. The van der Waals surface area contributed by atoms with Crippen LogP contribution in [0.2, 0.25) is 0 Å². The monoisotopic (exact) mass is 544 g/mol. The van der Waals surface area contributed by atoms with Gasteiger partial charge in [-0.1, -0.05) is 73.0 Å². The first kappa shape index (κ1) is 27.1. The number of aliphatic hydroxyl groups excluding tert-OH is 1. The number of nitrogens with zero attached hydrogens (tertiary/aromatic N) is 2. The number of carbonyl (C=O) groups is 2. The van der Waals surface area contributed by atoms with Gasteiger partial charge in [0.15, 0.2) is 0 Å². The molecular weight excluding hydrogens is 511 g/mol. The molecule has 1 N–H and O–H groups in total. The second-order valence-electron chi connectivity index (χ2n) is 8.92. The lowest BCUT2D eigenvalue weighted by molar-refractivity contribution is -0.140. The Bertz CT molecular complexity index is 1050. The molecule has 0 bridgehead atoms. The van der Waals surface area contributed by atoms with E-state index in [1.165, 1.54) is 11.0 Å². The van der Waals surface area contributed by atoms with Crippen LogP contribution in [0, 0.1) is 5.82 Å². The smallest absolute Gasteiger partial charge is 0.295 e. The molecule has 1 saturated heterocycles. The molecule has 0 aromatic heterocycles. The molecular formula is C28H34BrFN2O3. The van der Waals surface area contributed by atoms with E-state index in [-0.39, 0.29) is 16.9 Å². The molecule has 2 aromatic carbocycles. The van der Waals surface area contributed by atoms with Crippen LogP contribution < -0.4 is 0 Å². The lowest BCUT2D eigenvalue weighted by atomic mass is 9.95. The number of likely N-dealkylation sites (tertiary alicyclic amines) is 1. The topological polar surface area (TPSA) is 60.9 Å². The van der Waals surface area contributed by atoms with Crippen molar-refractivity contribution in [3.63, 3.8) is 0 Å². The standard InChI is InChI=1S/C28H34BrFN2O3/c1-3-5-16-31(17-6-4-2)18-9-19-32-25(22-10-7-8-11-23(22)30)24(27(34)28(32)35)26(33)20-12-14-21(29)15-13-20/h7-8,10-15,25,33H,3-6,9,16-19H2,1-2H3/t25-/m0/s1. The summed E-state index contributed by atoms with van der Waals surface area (Å²) in [6, 6.07) is 12.0. The zero-order chi connectivity index (χ0) is 25.4. The second kappa shape index (κ2) is 13.0. The minimum atomic E-state index is -0.973. The van der Waals surface area contributed by atoms with E-state index in [0.29, 0.717) is 18.5 Å². The van der Waals surface area contributed by atoms with Crippen molar-refractivity contribution in [2.75, 3.05) is 26.2 Å². The fourth-order valence-corrected chi connectivity index (χ4v) is 4.72. The Kier molecular flexibility index (Phi) is 10.0. The van der Waals surface area contributed by atoms with Crippen molar-refractivity contribution < 1.29 is 19.1 Å². The van der Waals surface area contributed by atoms with Crippen molar-refractivity contribution in [1.82, 2.24) is 9.80 Å². The van der Waals surface area contributed by atoms with Gasteiger partial charge in [0, 0.05) is 22.1 Å². The summed E-state index contributed by atoms with van der Waals surface area (Å²) in [6.45, 7) is 7.41. The maximum Gasteiger partial charge on any atom is 0.295 e. The van der Waals surface area contributed by atoms with E-state index in [1.807, 2.05) is 0 Å². The summed E-state index contributed by atoms with van der Waals surface area (Å²) in [4.78, 5) is 30.0. The van der Waals surface area contributed by atoms with Crippen LogP contribution in [0.3, 0.4) is 0 Å². The Hall–Kier alpha value is -2.51. The molecule has 0 saturated carbocycles. The highest BCUT2D eigenvalue weighted by Gasteiger charge is 2.46. The Morgan fingerprint density at radius 3 is 2.17 bits per heavy atom. The first-order valence-electron chi connectivity index (χ1n) is 12.4. The predicted octanol–water partition coefficient (Wildman–Crippen LogP) is 6.30. The maximum atomic E-state index is 14.9. The molecule has 0 spiro atoms. The molecule has 1 aliphatic heterocycles. The van der Waals surface area contributed by atoms with Crippen molar-refractivity contribution in [3.05, 3.63) is 75.5 Å². The van der Waals surface area contributed by atoms with Crippen LogP contribution in [0.15, 0.2) is 58.6 Å². The molecule has 0 radical (unpaired) electrons. The number of carbonyl (C=O) groups excluding carboxylic acids is 2. The highest BCUT2D eigenvalue weighted by molar-refractivity contribution is 9.10. The molecule has 7 heteroatoms. The van der Waals surface area contributed by atoms with Crippen LogP contribution >= 0.6 is 15.9 Å². The number of amides is 1. The summed E-state index contributed by atoms with van der Waals surface area (Å²) >= 11 is 3.36. The number of benzene rings is 2. The van der Waals surface area contributed by atoms with Crippen LogP contribution in [-0.4, -0.2) is 52.8 Å². The number of ketones is 1. The Morgan fingerprint density at radius 2 is 1.57 bits per heavy atom. The van der Waals surface area contributed by atoms with Crippen molar-refractivity contribution in [2.45, 2.75) is 52.0 Å². The van der Waals surface area contributed by atoms with E-state index in [2.05, 4.69) is 34.7 Å². The average Bonchev–Trinajstić information content (AvgIpc) is 3.10. The van der Waals surface area contributed by atoms with Crippen LogP contribution in [0.4, 0.5) is 4.39 Å². The normalized spacial score (nSPS) is 17.5. The van der Waals surface area contributed by atoms with Crippen LogP contribution in [0.1, 0.15) is 63.1 Å². The maximum absolute atomic E-state index is 14.9. The summed E-state index contributed by atoms with van der Waals surface area (Å²) in [5, 5.41) is 11.1. The minimum absolute atomic E-state index is 0.0729. The van der Waals surface area contributed by atoms with E-state index >= 15 is 0 Å². The van der Waals surface area contributed by atoms with E-state index in [0.717, 1.165) is 49.8 Å². The number of hydrogen-bond donors (Lipinski definition) is 1. The third kappa shape index (κ3) is 6.58. The zero-order valence-corrected chi connectivity index (χ0v) is 22.1. The predicted molar refractivity (Wildman–Crippen MR) is 140 cm³/mol. The molecule has 1 aliphatic rings. The number of aliphatic hydroxyl groups is 1. The molecule has 2 aromatic rings. The molecule has 1 heterocycles. The van der Waals surface area contributed by atoms with Crippen molar-refractivity contribution >= 4 is 33.4 Å². The average molecular weight is 545 g/mol. The van der Waals surface area contributed by atoms with Gasteiger partial charge in [-0.2, -0.15) is 0 Å². The summed E-state index contributed by atoms with van der Waals surface area (Å²) in [7, 11) is 0. The number of hydrogen-bond acceptors (Lipinski definition) is 4. The van der Waals surface area contributed by atoms with Gasteiger partial charge in [0.1, 0.15) is 11.6 Å². The minimum Gasteiger partial charge on any atom is -0.507 e. The Morgan fingerprint density at radius 1 is 0.971 bits per heavy atom. The van der Waals surface area contributed by atoms with Gasteiger partial charge in [-0.3, -0.25) is 9.59 Å². The van der Waals surface area contributed by atoms with Gasteiger partial charge < -0.3 is 14.9 Å². The van der Waals surface area contributed by atoms with Gasteiger partial charge in [-0.15, -0.1) is 0 Å². The quantitative estimate of drug-likeness (QED) is 0.193. The summed E-state index contributed by atoms with van der Waals surface area (Å²) in [6.07, 6.45) is 5.10. The van der Waals surface area contributed by atoms with Crippen molar-refractivity contribution in [2.24, 2.45) is 0 Å². The summed E-state index contributed by atoms with van der Waals surface area (Å²) < 4.78 is 15.7. The third-order valence-corrected chi connectivity index (χ3v) is 6.92. The molecule has 188 valence electrons. The van der Waals surface area contributed by atoms with Crippen molar-refractivity contribution in [3.8, 4) is 0 Å². The lowest BCUT2D eigenvalue weighted by Crippen LogP contribution is -2.34. The van der Waals surface area contributed by atoms with Crippen LogP contribution in [-0.2, 0) is 9.59 Å². The van der Waals surface area contributed by atoms with Gasteiger partial charge in [0.25, 0.3) is 11.7 Å². The number of halogens is 2.